The number of phenolic OH excluding ortho intramolecular Hbond substituents is 1. The smallest absolute Gasteiger partial charge is 0.453 e. The van der Waals surface area contributed by atoms with E-state index in [9.17, 15) is 23.1 Å². The Morgan fingerprint density at radius 2 is 1.77 bits per heavy atom. The summed E-state index contributed by atoms with van der Waals surface area (Å²) < 4.78 is 52.1. The Kier molecular flexibility index (Phi) is 5.66. The number of aryl methyl sites for hydroxylation is 1. The number of benzene rings is 2. The highest BCUT2D eigenvalue weighted by molar-refractivity contribution is 5.83. The minimum absolute atomic E-state index is 0.0559. The topological polar surface area (TPSA) is 64.1 Å². The lowest BCUT2D eigenvalue weighted by Gasteiger charge is -2.17. The number of ether oxygens (including phenoxy) is 1. The number of phenols is 1. The molecule has 0 bridgehead atoms. The Hall–Kier alpha value is -3.00. The molecule has 0 spiro atoms. The average Bonchev–Trinajstić information content (AvgIpc) is 3.25. The van der Waals surface area contributed by atoms with Crippen molar-refractivity contribution in [3.8, 4) is 17.2 Å². The highest BCUT2D eigenvalue weighted by atomic mass is 19.4. The van der Waals surface area contributed by atoms with Crippen LogP contribution in [0.15, 0.2) is 45.6 Å². The highest BCUT2D eigenvalue weighted by Gasteiger charge is 2.41. The van der Waals surface area contributed by atoms with E-state index >= 15 is 0 Å². The van der Waals surface area contributed by atoms with Crippen molar-refractivity contribution in [3.05, 3.63) is 63.5 Å². The second kappa shape index (κ2) is 8.26. The first kappa shape index (κ1) is 21.2. The molecule has 0 amide bonds. The van der Waals surface area contributed by atoms with Crippen LogP contribution in [0, 0.1) is 0 Å². The number of nitrogens with one attached hydrogen (secondary N) is 1. The molecule has 5 nitrogen and oxygen atoms in total. The minimum Gasteiger partial charge on any atom is -0.507 e. The molecule has 2 N–H and O–H groups in total. The zero-order valence-corrected chi connectivity index (χ0v) is 17.0. The van der Waals surface area contributed by atoms with Gasteiger partial charge in [0.15, 0.2) is 5.58 Å². The quantitative estimate of drug-likeness (QED) is 0.636. The molecule has 8 heteroatoms. The molecule has 31 heavy (non-hydrogen) atoms. The van der Waals surface area contributed by atoms with E-state index in [1.165, 1.54) is 24.3 Å². The third-order valence-electron chi connectivity index (χ3n) is 5.64. The predicted octanol–water partition coefficient (Wildman–Crippen LogP) is 4.05. The van der Waals surface area contributed by atoms with E-state index in [2.05, 4.69) is 0 Å². The van der Waals surface area contributed by atoms with Gasteiger partial charge in [0, 0.05) is 12.8 Å². The lowest BCUT2D eigenvalue weighted by molar-refractivity contribution is -0.901. The summed E-state index contributed by atoms with van der Waals surface area (Å²) in [6.45, 7) is 3.93. The van der Waals surface area contributed by atoms with E-state index in [-0.39, 0.29) is 34.6 Å². The molecular weight excluding hydrogens is 411 g/mol. The SMILES string of the molecule is CCc1ccc(Oc2c(C(F)(F)F)oc3c(C[NH+]4CCCC4)c(O)ccc3c2=O)cc1. The molecule has 164 valence electrons. The van der Waals surface area contributed by atoms with Gasteiger partial charge in [0.1, 0.15) is 18.0 Å². The van der Waals surface area contributed by atoms with Crippen LogP contribution in [0.5, 0.6) is 17.2 Å². The summed E-state index contributed by atoms with van der Waals surface area (Å²) in [6, 6.07) is 9.06. The lowest BCUT2D eigenvalue weighted by Crippen LogP contribution is -3.08. The third-order valence-corrected chi connectivity index (χ3v) is 5.64. The highest BCUT2D eigenvalue weighted by Crippen LogP contribution is 2.39. The Labute approximate surface area is 176 Å². The maximum absolute atomic E-state index is 13.8. The van der Waals surface area contributed by atoms with Crippen molar-refractivity contribution in [2.75, 3.05) is 13.1 Å². The Bertz CT molecular complexity index is 1150. The van der Waals surface area contributed by atoms with E-state index in [4.69, 9.17) is 9.15 Å². The van der Waals surface area contributed by atoms with Gasteiger partial charge in [-0.05, 0) is 36.2 Å². The molecule has 4 rings (SSSR count). The van der Waals surface area contributed by atoms with E-state index in [0.29, 0.717) is 0 Å². The van der Waals surface area contributed by atoms with Crippen LogP contribution in [0.1, 0.15) is 36.7 Å². The molecule has 1 aromatic heterocycles. The normalized spacial score (nSPS) is 15.0. The van der Waals surface area contributed by atoms with Crippen molar-refractivity contribution in [2.24, 2.45) is 0 Å². The average molecular weight is 434 g/mol. The Morgan fingerprint density at radius 1 is 1.10 bits per heavy atom. The zero-order chi connectivity index (χ0) is 22.2. The van der Waals surface area contributed by atoms with Gasteiger partial charge in [-0.2, -0.15) is 13.2 Å². The summed E-state index contributed by atoms with van der Waals surface area (Å²) in [4.78, 5) is 14.2. The molecule has 0 atom stereocenters. The van der Waals surface area contributed by atoms with Gasteiger partial charge in [0.25, 0.3) is 5.76 Å². The summed E-state index contributed by atoms with van der Waals surface area (Å²) in [7, 11) is 0. The van der Waals surface area contributed by atoms with E-state index in [1.807, 2.05) is 6.92 Å². The van der Waals surface area contributed by atoms with Crippen LogP contribution in [0.25, 0.3) is 11.0 Å². The van der Waals surface area contributed by atoms with Crippen molar-refractivity contribution in [1.29, 1.82) is 0 Å². The van der Waals surface area contributed by atoms with Crippen LogP contribution in [0.2, 0.25) is 0 Å². The number of likely N-dealkylation sites (tertiary alicyclic amines) is 1. The standard InChI is InChI=1S/C23H22F3NO4/c1-2-14-5-7-15(8-6-14)30-21-19(29)16-9-10-18(28)17(13-27-11-3-4-12-27)20(16)31-22(21)23(24,25)26/h5-10,28H,2-4,11-13H2,1H3/p+1. The van der Waals surface area contributed by atoms with Crippen LogP contribution in [0.4, 0.5) is 13.2 Å². The molecule has 2 aromatic carbocycles. The van der Waals surface area contributed by atoms with E-state index in [1.54, 1.807) is 12.1 Å². The second-order valence-corrected chi connectivity index (χ2v) is 7.76. The first-order chi connectivity index (χ1) is 14.8. The fourth-order valence-electron chi connectivity index (χ4n) is 3.95. The van der Waals surface area contributed by atoms with Gasteiger partial charge in [-0.1, -0.05) is 19.1 Å². The fraction of sp³-hybridized carbons (Fsp3) is 0.348. The minimum atomic E-state index is -4.95. The molecular formula is C23H23F3NO4+. The number of quaternary nitrogens is 1. The summed E-state index contributed by atoms with van der Waals surface area (Å²) in [6.07, 6.45) is -2.17. The summed E-state index contributed by atoms with van der Waals surface area (Å²) in [5, 5.41) is 10.3. The van der Waals surface area contributed by atoms with Gasteiger partial charge >= 0.3 is 6.18 Å². The van der Waals surface area contributed by atoms with Crippen LogP contribution in [-0.2, 0) is 19.1 Å². The van der Waals surface area contributed by atoms with Crippen LogP contribution >= 0.6 is 0 Å². The molecule has 1 fully saturated rings. The Balaban J connectivity index is 1.86. The third kappa shape index (κ3) is 4.25. The molecule has 0 unspecified atom stereocenters. The number of halogens is 3. The maximum Gasteiger partial charge on any atom is 0.453 e. The van der Waals surface area contributed by atoms with Gasteiger partial charge < -0.3 is 19.2 Å². The Morgan fingerprint density at radius 3 is 2.39 bits per heavy atom. The van der Waals surface area contributed by atoms with Crippen molar-refractivity contribution in [2.45, 2.75) is 38.9 Å². The van der Waals surface area contributed by atoms with E-state index < -0.39 is 23.1 Å². The van der Waals surface area contributed by atoms with Crippen molar-refractivity contribution in [1.82, 2.24) is 0 Å². The number of fused-ring (bicyclic) bond motifs is 1. The molecule has 0 aliphatic carbocycles. The molecule has 1 aliphatic rings. The number of hydrogen-bond donors (Lipinski definition) is 2. The molecule has 1 saturated heterocycles. The van der Waals surface area contributed by atoms with Gasteiger partial charge in [-0.25, -0.2) is 0 Å². The van der Waals surface area contributed by atoms with Crippen LogP contribution in [0.3, 0.4) is 0 Å². The van der Waals surface area contributed by atoms with Crippen LogP contribution in [-0.4, -0.2) is 18.2 Å². The number of alkyl halides is 3. The molecule has 1 aliphatic heterocycles. The molecule has 0 radical (unpaired) electrons. The van der Waals surface area contributed by atoms with Crippen LogP contribution < -0.4 is 15.1 Å². The number of aromatic hydroxyl groups is 1. The summed E-state index contributed by atoms with van der Waals surface area (Å²) in [5.41, 5.74) is 0.0190. The monoisotopic (exact) mass is 434 g/mol. The lowest BCUT2D eigenvalue weighted by atomic mass is 10.1. The van der Waals surface area contributed by atoms with Gasteiger partial charge in [0.05, 0.1) is 24.0 Å². The fourth-order valence-corrected chi connectivity index (χ4v) is 3.95. The van der Waals surface area contributed by atoms with Crippen molar-refractivity contribution < 1.29 is 32.3 Å². The van der Waals surface area contributed by atoms with Gasteiger partial charge in [0.2, 0.25) is 11.2 Å². The largest absolute Gasteiger partial charge is 0.507 e. The summed E-state index contributed by atoms with van der Waals surface area (Å²) >= 11 is 0. The number of rotatable bonds is 5. The zero-order valence-electron chi connectivity index (χ0n) is 17.0. The second-order valence-electron chi connectivity index (χ2n) is 7.76. The van der Waals surface area contributed by atoms with Crippen molar-refractivity contribution >= 4 is 11.0 Å². The first-order valence-corrected chi connectivity index (χ1v) is 10.3. The first-order valence-electron chi connectivity index (χ1n) is 10.3. The van der Waals surface area contributed by atoms with Crippen molar-refractivity contribution in [3.63, 3.8) is 0 Å². The summed E-state index contributed by atoms with van der Waals surface area (Å²) in [5.74, 6) is -2.50. The maximum atomic E-state index is 13.8. The molecule has 3 aromatic rings. The molecule has 2 heterocycles. The number of hydrogen-bond acceptors (Lipinski definition) is 4. The van der Waals surface area contributed by atoms with E-state index in [0.717, 1.165) is 42.8 Å². The van der Waals surface area contributed by atoms with Gasteiger partial charge in [-0.3, -0.25) is 4.79 Å². The molecule has 0 saturated carbocycles. The predicted molar refractivity (Wildman–Crippen MR) is 109 cm³/mol. The van der Waals surface area contributed by atoms with Gasteiger partial charge in [-0.15, -0.1) is 0 Å².